The van der Waals surface area contributed by atoms with Crippen LogP contribution in [0.4, 0.5) is 4.79 Å². The maximum atomic E-state index is 13.7. The molecule has 0 N–H and O–H groups in total. The van der Waals surface area contributed by atoms with Gasteiger partial charge in [0.05, 0.1) is 20.3 Å². The fraction of sp³-hybridized carbons (Fsp3) is 0.231. The number of benzene rings is 3. The van der Waals surface area contributed by atoms with Crippen molar-refractivity contribution in [1.29, 1.82) is 0 Å². The molecule has 3 aromatic rings. The van der Waals surface area contributed by atoms with Gasteiger partial charge in [0.25, 0.3) is 0 Å². The number of nitrogens with zero attached hydrogens (tertiary/aromatic N) is 2. The molecule has 2 amide bonds. The maximum Gasteiger partial charge on any atom is 0.339 e. The number of urea groups is 1. The number of hydrogen-bond acceptors (Lipinski definition) is 4. The number of ether oxygens (including phenoxy) is 2. The number of halogens is 2. The van der Waals surface area contributed by atoms with Crippen molar-refractivity contribution >= 4 is 35.2 Å². The van der Waals surface area contributed by atoms with Crippen molar-refractivity contribution in [3.8, 4) is 5.75 Å². The molecule has 0 radical (unpaired) electrons. The van der Waals surface area contributed by atoms with Crippen molar-refractivity contribution in [2.75, 3.05) is 21.3 Å². The van der Waals surface area contributed by atoms with Gasteiger partial charge in [0.1, 0.15) is 5.75 Å². The molecule has 2 atom stereocenters. The van der Waals surface area contributed by atoms with E-state index in [-0.39, 0.29) is 12.6 Å². The molecule has 176 valence electrons. The van der Waals surface area contributed by atoms with Gasteiger partial charge in [0, 0.05) is 23.6 Å². The van der Waals surface area contributed by atoms with Crippen LogP contribution in [0.1, 0.15) is 22.7 Å². The standard InChI is InChI=1S/C26H24Cl2N2O4/c1-29-25(32)30(16-17-4-14-22(33-2)15-5-17)23(18-6-10-20(27)11-7-18)26(29,24(31)34-3)19-8-12-21(28)13-9-19/h4-15,23H,16H2,1-3H3/t23-,26-/m1/s1. The third-order valence-corrected chi connectivity index (χ3v) is 6.75. The first-order valence-electron chi connectivity index (χ1n) is 10.6. The molecule has 4 rings (SSSR count). The third-order valence-electron chi connectivity index (χ3n) is 6.25. The van der Waals surface area contributed by atoms with Crippen molar-refractivity contribution in [3.63, 3.8) is 0 Å². The van der Waals surface area contributed by atoms with Crippen molar-refractivity contribution in [1.82, 2.24) is 9.80 Å². The van der Waals surface area contributed by atoms with Crippen LogP contribution in [-0.4, -0.2) is 43.1 Å². The molecule has 8 heteroatoms. The lowest BCUT2D eigenvalue weighted by Gasteiger charge is -2.38. The number of esters is 1. The first-order chi connectivity index (χ1) is 16.3. The van der Waals surface area contributed by atoms with E-state index in [2.05, 4.69) is 0 Å². The summed E-state index contributed by atoms with van der Waals surface area (Å²) in [6, 6.07) is 20.5. The van der Waals surface area contributed by atoms with Gasteiger partial charge in [-0.2, -0.15) is 0 Å². The monoisotopic (exact) mass is 498 g/mol. The number of rotatable bonds is 6. The zero-order valence-electron chi connectivity index (χ0n) is 19.0. The van der Waals surface area contributed by atoms with Crippen molar-refractivity contribution < 1.29 is 19.1 Å². The highest BCUT2D eigenvalue weighted by molar-refractivity contribution is 6.30. The highest BCUT2D eigenvalue weighted by atomic mass is 35.5. The van der Waals surface area contributed by atoms with Gasteiger partial charge in [0.2, 0.25) is 0 Å². The molecule has 1 aliphatic heterocycles. The molecule has 0 saturated carbocycles. The molecule has 1 fully saturated rings. The topological polar surface area (TPSA) is 59.1 Å². The van der Waals surface area contributed by atoms with Gasteiger partial charge >= 0.3 is 12.0 Å². The van der Waals surface area contributed by atoms with Crippen LogP contribution in [0.15, 0.2) is 72.8 Å². The summed E-state index contributed by atoms with van der Waals surface area (Å²) in [7, 11) is 4.54. The first-order valence-corrected chi connectivity index (χ1v) is 11.4. The Bertz CT molecular complexity index is 1180. The molecule has 1 aliphatic rings. The summed E-state index contributed by atoms with van der Waals surface area (Å²) in [4.78, 5) is 30.4. The molecule has 3 aromatic carbocycles. The molecule has 34 heavy (non-hydrogen) atoms. The summed E-state index contributed by atoms with van der Waals surface area (Å²) in [6.45, 7) is 0.271. The predicted molar refractivity (Wildman–Crippen MR) is 131 cm³/mol. The van der Waals surface area contributed by atoms with Crippen molar-refractivity contribution in [2.45, 2.75) is 18.1 Å². The fourth-order valence-corrected chi connectivity index (χ4v) is 4.85. The molecule has 0 aliphatic carbocycles. The third kappa shape index (κ3) is 3.97. The quantitative estimate of drug-likeness (QED) is 0.410. The molecular formula is C26H24Cl2N2O4. The van der Waals surface area contributed by atoms with Gasteiger partial charge < -0.3 is 19.3 Å². The Labute approximate surface area is 208 Å². The van der Waals surface area contributed by atoms with Gasteiger partial charge in [-0.25, -0.2) is 9.59 Å². The van der Waals surface area contributed by atoms with Crippen LogP contribution in [0.3, 0.4) is 0 Å². The number of carbonyl (C=O) groups excluding carboxylic acids is 2. The molecule has 1 saturated heterocycles. The van der Waals surface area contributed by atoms with Crippen LogP contribution in [0, 0.1) is 0 Å². The van der Waals surface area contributed by atoms with E-state index in [0.29, 0.717) is 21.4 Å². The minimum absolute atomic E-state index is 0.271. The number of likely N-dealkylation sites (N-methyl/N-ethyl adjacent to an activating group) is 1. The van der Waals surface area contributed by atoms with Crippen LogP contribution >= 0.6 is 23.2 Å². The average molecular weight is 499 g/mol. The second-order valence-corrected chi connectivity index (χ2v) is 8.91. The van der Waals surface area contributed by atoms with E-state index in [9.17, 15) is 9.59 Å². The van der Waals surface area contributed by atoms with E-state index < -0.39 is 17.6 Å². The predicted octanol–water partition coefficient (Wildman–Crippen LogP) is 5.68. The molecule has 0 aromatic heterocycles. The largest absolute Gasteiger partial charge is 0.497 e. The van der Waals surface area contributed by atoms with Crippen LogP contribution in [0.5, 0.6) is 5.75 Å². The maximum absolute atomic E-state index is 13.7. The van der Waals surface area contributed by atoms with Crippen molar-refractivity contribution in [3.05, 3.63) is 99.5 Å². The average Bonchev–Trinajstić information content (AvgIpc) is 3.07. The summed E-state index contributed by atoms with van der Waals surface area (Å²) in [6.07, 6.45) is 0. The second kappa shape index (κ2) is 9.57. The summed E-state index contributed by atoms with van der Waals surface area (Å²) < 4.78 is 10.6. The summed E-state index contributed by atoms with van der Waals surface area (Å²) in [5, 5.41) is 1.08. The molecular weight excluding hydrogens is 475 g/mol. The van der Waals surface area contributed by atoms with Gasteiger partial charge in [-0.3, -0.25) is 0 Å². The highest BCUT2D eigenvalue weighted by Gasteiger charge is 2.62. The van der Waals surface area contributed by atoms with E-state index in [1.807, 2.05) is 36.4 Å². The number of amides is 2. The van der Waals surface area contributed by atoms with Crippen LogP contribution in [0.2, 0.25) is 10.0 Å². The van der Waals surface area contributed by atoms with E-state index in [1.54, 1.807) is 55.5 Å². The van der Waals surface area contributed by atoms with Crippen molar-refractivity contribution in [2.24, 2.45) is 0 Å². The fourth-order valence-electron chi connectivity index (χ4n) is 4.59. The summed E-state index contributed by atoms with van der Waals surface area (Å²) >= 11 is 12.3. The zero-order valence-corrected chi connectivity index (χ0v) is 20.5. The highest BCUT2D eigenvalue weighted by Crippen LogP contribution is 2.51. The van der Waals surface area contributed by atoms with E-state index in [1.165, 1.54) is 12.0 Å². The van der Waals surface area contributed by atoms with E-state index >= 15 is 0 Å². The first kappa shape index (κ1) is 23.9. The van der Waals surface area contributed by atoms with Crippen LogP contribution in [-0.2, 0) is 21.6 Å². The van der Waals surface area contributed by atoms with Crippen LogP contribution in [0.25, 0.3) is 0 Å². The Kier molecular flexibility index (Phi) is 6.73. The van der Waals surface area contributed by atoms with E-state index in [0.717, 1.165) is 11.1 Å². The summed E-state index contributed by atoms with van der Waals surface area (Å²) in [5.41, 5.74) is 0.780. The second-order valence-electron chi connectivity index (χ2n) is 8.04. The molecule has 0 unspecified atom stereocenters. The lowest BCUT2D eigenvalue weighted by atomic mass is 9.79. The number of hydrogen-bond donors (Lipinski definition) is 0. The number of methoxy groups -OCH3 is 2. The Morgan fingerprint density at radius 3 is 2.00 bits per heavy atom. The lowest BCUT2D eigenvalue weighted by molar-refractivity contribution is -0.154. The van der Waals surface area contributed by atoms with Gasteiger partial charge in [-0.1, -0.05) is 59.6 Å². The molecule has 0 spiro atoms. The lowest BCUT2D eigenvalue weighted by Crippen LogP contribution is -2.50. The van der Waals surface area contributed by atoms with E-state index in [4.69, 9.17) is 32.7 Å². The van der Waals surface area contributed by atoms with Gasteiger partial charge in [-0.05, 0) is 53.1 Å². The SMILES string of the molecule is COC(=O)[C@@]1(c2ccc(Cl)cc2)[C@@H](c2ccc(Cl)cc2)N(Cc2ccc(OC)cc2)C(=O)N1C. The Morgan fingerprint density at radius 1 is 0.912 bits per heavy atom. The molecule has 1 heterocycles. The number of carbonyl (C=O) groups is 2. The zero-order chi connectivity index (χ0) is 24.5. The molecule has 6 nitrogen and oxygen atoms in total. The van der Waals surface area contributed by atoms with Gasteiger partial charge in [-0.15, -0.1) is 0 Å². The minimum Gasteiger partial charge on any atom is -0.497 e. The smallest absolute Gasteiger partial charge is 0.339 e. The Balaban J connectivity index is 1.92. The normalized spacial score (nSPS) is 19.9. The van der Waals surface area contributed by atoms with Gasteiger partial charge in [0.15, 0.2) is 5.54 Å². The minimum atomic E-state index is -1.45. The Hall–Kier alpha value is -3.22. The van der Waals surface area contributed by atoms with Crippen LogP contribution < -0.4 is 4.74 Å². The summed E-state index contributed by atoms with van der Waals surface area (Å²) in [5.74, 6) is 0.163. The molecule has 0 bridgehead atoms. The Morgan fingerprint density at radius 2 is 1.47 bits per heavy atom.